The minimum absolute atomic E-state index is 0. The van der Waals surface area contributed by atoms with Gasteiger partial charge in [-0.2, -0.15) is 6.42 Å². The first-order chi connectivity index (χ1) is 14.9. The molecule has 0 bridgehead atoms. The molecule has 0 aliphatic carbocycles. The molecule has 0 unspecified atom stereocenters. The van der Waals surface area contributed by atoms with Crippen molar-refractivity contribution in [2.45, 2.75) is 187 Å². The molecule has 0 saturated carbocycles. The molecular formula is C30H61Na. The van der Waals surface area contributed by atoms with E-state index in [-0.39, 0.29) is 29.6 Å². The van der Waals surface area contributed by atoms with E-state index < -0.39 is 0 Å². The molecule has 0 heterocycles. The van der Waals surface area contributed by atoms with Crippen LogP contribution in [0.4, 0.5) is 0 Å². The normalized spacial score (nSPS) is 11.0. The molecule has 0 amide bonds. The molecule has 1 heteroatoms. The van der Waals surface area contributed by atoms with Crippen LogP contribution in [0.2, 0.25) is 0 Å². The molecule has 0 nitrogen and oxygen atoms in total. The molecular weight excluding hydrogens is 383 g/mol. The monoisotopic (exact) mass is 444 g/mol. The second-order valence-corrected chi connectivity index (χ2v) is 10.0. The Bertz CT molecular complexity index is 248. The van der Waals surface area contributed by atoms with E-state index in [2.05, 4.69) is 13.8 Å². The van der Waals surface area contributed by atoms with Gasteiger partial charge in [0.2, 0.25) is 0 Å². The number of unbranched alkanes of at least 4 members (excludes halogenated alkanes) is 27. The van der Waals surface area contributed by atoms with Crippen LogP contribution >= 0.6 is 0 Å². The van der Waals surface area contributed by atoms with Gasteiger partial charge in [-0.1, -0.05) is 180 Å². The Kier molecular flexibility index (Phi) is 36.6. The summed E-state index contributed by atoms with van der Waals surface area (Å²) in [4.78, 5) is 0. The summed E-state index contributed by atoms with van der Waals surface area (Å²) in [7, 11) is 0. The first kappa shape index (κ1) is 34.2. The zero-order valence-corrected chi connectivity index (χ0v) is 24.5. The number of hydrogen-bond donors (Lipinski definition) is 0. The van der Waals surface area contributed by atoms with Crippen molar-refractivity contribution in [1.82, 2.24) is 0 Å². The Morgan fingerprint density at radius 2 is 0.452 bits per heavy atom. The van der Waals surface area contributed by atoms with E-state index in [0.717, 1.165) is 6.42 Å². The van der Waals surface area contributed by atoms with Gasteiger partial charge >= 0.3 is 29.6 Å². The molecule has 0 saturated heterocycles. The predicted molar refractivity (Wildman–Crippen MR) is 140 cm³/mol. The molecule has 0 spiro atoms. The molecule has 31 heavy (non-hydrogen) atoms. The Labute approximate surface area is 222 Å². The summed E-state index contributed by atoms with van der Waals surface area (Å²) >= 11 is 0. The minimum Gasteiger partial charge on any atom is -0.343 e. The van der Waals surface area contributed by atoms with Crippen LogP contribution in [0.25, 0.3) is 0 Å². The summed E-state index contributed by atoms with van der Waals surface area (Å²) in [5, 5.41) is 0. The first-order valence-electron chi connectivity index (χ1n) is 14.7. The van der Waals surface area contributed by atoms with Gasteiger partial charge in [-0.25, -0.2) is 0 Å². The van der Waals surface area contributed by atoms with E-state index >= 15 is 0 Å². The van der Waals surface area contributed by atoms with E-state index in [1.165, 1.54) is 173 Å². The Morgan fingerprint density at radius 3 is 0.613 bits per heavy atom. The van der Waals surface area contributed by atoms with Gasteiger partial charge in [0.15, 0.2) is 0 Å². The summed E-state index contributed by atoms with van der Waals surface area (Å²) in [6.07, 6.45) is 40.8. The average Bonchev–Trinajstić information content (AvgIpc) is 2.76. The van der Waals surface area contributed by atoms with Crippen LogP contribution in [-0.4, -0.2) is 0 Å². The number of hydrogen-bond acceptors (Lipinski definition) is 0. The molecule has 0 N–H and O–H groups in total. The molecule has 0 atom stereocenters. The van der Waals surface area contributed by atoms with Crippen molar-refractivity contribution in [2.24, 2.45) is 0 Å². The van der Waals surface area contributed by atoms with E-state index in [1.807, 2.05) is 0 Å². The van der Waals surface area contributed by atoms with Crippen LogP contribution in [0.3, 0.4) is 0 Å². The van der Waals surface area contributed by atoms with Crippen molar-refractivity contribution >= 4 is 0 Å². The van der Waals surface area contributed by atoms with Gasteiger partial charge < -0.3 is 6.92 Å². The summed E-state index contributed by atoms with van der Waals surface area (Å²) in [5.74, 6) is 0. The Morgan fingerprint density at radius 1 is 0.290 bits per heavy atom. The minimum atomic E-state index is 0. The SMILES string of the molecule is [CH2-]CCCCCCCCCCCCCCCCCCCCCCCCCCCCC.[Na+]. The van der Waals surface area contributed by atoms with Crippen molar-refractivity contribution in [3.63, 3.8) is 0 Å². The third kappa shape index (κ3) is 33.3. The van der Waals surface area contributed by atoms with Crippen LogP contribution in [0.15, 0.2) is 0 Å². The van der Waals surface area contributed by atoms with Crippen molar-refractivity contribution < 1.29 is 29.6 Å². The quantitative estimate of drug-likeness (QED) is 0.0674. The summed E-state index contributed by atoms with van der Waals surface area (Å²) in [5.41, 5.74) is 0. The molecule has 0 radical (unpaired) electrons. The largest absolute Gasteiger partial charge is 1.00 e. The second-order valence-electron chi connectivity index (χ2n) is 10.0. The van der Waals surface area contributed by atoms with Crippen LogP contribution < -0.4 is 29.6 Å². The second kappa shape index (κ2) is 33.2. The van der Waals surface area contributed by atoms with Crippen LogP contribution in [0, 0.1) is 6.92 Å². The fourth-order valence-corrected chi connectivity index (χ4v) is 4.67. The Balaban J connectivity index is 0. The van der Waals surface area contributed by atoms with Gasteiger partial charge in [0.1, 0.15) is 0 Å². The molecule has 0 aliphatic heterocycles. The molecule has 0 rings (SSSR count). The van der Waals surface area contributed by atoms with Crippen molar-refractivity contribution in [1.29, 1.82) is 0 Å². The van der Waals surface area contributed by atoms with Gasteiger partial charge in [-0.15, -0.1) is 0 Å². The number of rotatable bonds is 27. The van der Waals surface area contributed by atoms with Crippen LogP contribution in [0.1, 0.15) is 187 Å². The van der Waals surface area contributed by atoms with Gasteiger partial charge in [-0.3, -0.25) is 0 Å². The standard InChI is InChI=1S/C30H61.Na/c1-3-5-7-9-11-13-15-17-19-21-23-25-27-29-30-28-26-24-22-20-18-16-14-12-10-8-6-4-2;/h1,3-30H2,2H3;/q-1;+1. The molecule has 0 fully saturated rings. The van der Waals surface area contributed by atoms with E-state index in [0.29, 0.717) is 0 Å². The van der Waals surface area contributed by atoms with Crippen molar-refractivity contribution in [2.75, 3.05) is 0 Å². The molecule has 0 aromatic rings. The van der Waals surface area contributed by atoms with Gasteiger partial charge in [-0.05, 0) is 0 Å². The maximum atomic E-state index is 3.92. The smallest absolute Gasteiger partial charge is 0.343 e. The third-order valence-electron chi connectivity index (χ3n) is 6.85. The van der Waals surface area contributed by atoms with Crippen molar-refractivity contribution in [3.8, 4) is 0 Å². The van der Waals surface area contributed by atoms with E-state index in [1.54, 1.807) is 0 Å². The van der Waals surface area contributed by atoms with Crippen LogP contribution in [0.5, 0.6) is 0 Å². The topological polar surface area (TPSA) is 0 Å². The Hall–Kier alpha value is 1.00. The molecule has 182 valence electrons. The molecule has 0 aromatic carbocycles. The fraction of sp³-hybridized carbons (Fsp3) is 0.967. The molecule has 0 aliphatic rings. The van der Waals surface area contributed by atoms with Gasteiger partial charge in [0, 0.05) is 0 Å². The average molecular weight is 445 g/mol. The van der Waals surface area contributed by atoms with E-state index in [9.17, 15) is 0 Å². The van der Waals surface area contributed by atoms with Crippen molar-refractivity contribution in [3.05, 3.63) is 6.92 Å². The zero-order valence-electron chi connectivity index (χ0n) is 22.5. The van der Waals surface area contributed by atoms with E-state index in [4.69, 9.17) is 0 Å². The van der Waals surface area contributed by atoms with Crippen LogP contribution in [-0.2, 0) is 0 Å². The fourth-order valence-electron chi connectivity index (χ4n) is 4.67. The third-order valence-corrected chi connectivity index (χ3v) is 6.85. The predicted octanol–water partition coefficient (Wildman–Crippen LogP) is 8.77. The maximum absolute atomic E-state index is 3.92. The zero-order chi connectivity index (χ0) is 21.8. The van der Waals surface area contributed by atoms with Gasteiger partial charge in [0.05, 0.1) is 0 Å². The summed E-state index contributed by atoms with van der Waals surface area (Å²) < 4.78 is 0. The summed E-state index contributed by atoms with van der Waals surface area (Å²) in [6, 6.07) is 0. The molecule has 0 aromatic heterocycles. The first-order valence-corrected chi connectivity index (χ1v) is 14.7. The van der Waals surface area contributed by atoms with Gasteiger partial charge in [0.25, 0.3) is 0 Å². The maximum Gasteiger partial charge on any atom is 1.00 e. The summed E-state index contributed by atoms with van der Waals surface area (Å²) in [6.45, 7) is 6.22.